The second kappa shape index (κ2) is 6.39. The quantitative estimate of drug-likeness (QED) is 0.201. The van der Waals surface area contributed by atoms with E-state index < -0.39 is 7.51 Å². The van der Waals surface area contributed by atoms with Crippen LogP contribution in [-0.4, -0.2) is 6.66 Å². The Kier molecular flexibility index (Phi) is 4.78. The number of fused-ring (bicyclic) bond motifs is 2. The molecule has 4 rings (SSSR count). The second-order valence-corrected chi connectivity index (χ2v) is 14.4. The Bertz CT molecular complexity index is 1070. The topological polar surface area (TPSA) is 36.9 Å². The Morgan fingerprint density at radius 3 is 1.53 bits per heavy atom. The number of hydrogen-bond donors (Lipinski definition) is 0. The minimum atomic E-state index is -4.16. The van der Waals surface area contributed by atoms with Crippen LogP contribution in [0.1, 0.15) is 52.7 Å². The monoisotopic (exact) mass is 510 g/mol. The number of rotatable bonds is 0. The molecule has 0 aromatic heterocycles. The van der Waals surface area contributed by atoms with E-state index in [0.717, 1.165) is 11.1 Å². The Balaban J connectivity index is 1.88. The van der Waals surface area contributed by atoms with Crippen LogP contribution in [0.3, 0.4) is 0 Å². The van der Waals surface area contributed by atoms with Gasteiger partial charge < -0.3 is 0 Å². The van der Waals surface area contributed by atoms with E-state index in [9.17, 15) is 0 Å². The zero-order valence-electron chi connectivity index (χ0n) is 17.7. The third-order valence-corrected chi connectivity index (χ3v) is 9.23. The van der Waals surface area contributed by atoms with Gasteiger partial charge in [-0.2, -0.15) is 0 Å². The molecule has 0 fully saturated rings. The molecule has 0 saturated heterocycles. The predicted octanol–water partition coefficient (Wildman–Crippen LogP) is 8.98. The van der Waals surface area contributed by atoms with Gasteiger partial charge in [-0.25, -0.2) is 0 Å². The molecule has 0 amide bonds. The van der Waals surface area contributed by atoms with Gasteiger partial charge >= 0.3 is 197 Å². The van der Waals surface area contributed by atoms with Crippen LogP contribution in [0.4, 0.5) is 0 Å². The average Bonchev–Trinajstić information content (AvgIpc) is 3.09. The van der Waals surface area contributed by atoms with Crippen LogP contribution < -0.4 is 18.1 Å². The molecule has 2 aliphatic rings. The van der Waals surface area contributed by atoms with Crippen molar-refractivity contribution in [2.75, 3.05) is 6.66 Å². The van der Waals surface area contributed by atoms with Crippen molar-refractivity contribution in [2.24, 2.45) is 0 Å². The fourth-order valence-electron chi connectivity index (χ4n) is 3.45. The molecule has 30 heavy (non-hydrogen) atoms. The fourth-order valence-corrected chi connectivity index (χ4v) is 7.00. The van der Waals surface area contributed by atoms with Gasteiger partial charge in [0.1, 0.15) is 0 Å². The van der Waals surface area contributed by atoms with Gasteiger partial charge in [0.2, 0.25) is 0 Å². The Labute approximate surface area is 196 Å². The molecule has 2 aromatic rings. The van der Waals surface area contributed by atoms with E-state index in [2.05, 4.69) is 47.6 Å². The first-order valence-corrected chi connectivity index (χ1v) is 13.3. The van der Waals surface area contributed by atoms with Crippen molar-refractivity contribution in [3.05, 3.63) is 43.4 Å². The molecule has 164 valence electrons. The summed E-state index contributed by atoms with van der Waals surface area (Å²) in [7, 11) is -4.16. The summed E-state index contributed by atoms with van der Waals surface area (Å²) >= 11 is 25.1. The van der Waals surface area contributed by atoms with Crippen molar-refractivity contribution in [3.8, 4) is 23.0 Å². The van der Waals surface area contributed by atoms with E-state index in [1.165, 1.54) is 0 Å². The Morgan fingerprint density at radius 2 is 1.10 bits per heavy atom. The molecule has 2 aromatic carbocycles. The molecule has 0 bridgehead atoms. The molecule has 2 heterocycles. The number of benzene rings is 2. The summed E-state index contributed by atoms with van der Waals surface area (Å²) in [5.74, 6) is 1.48. The second-order valence-electron chi connectivity index (χ2n) is 9.81. The summed E-state index contributed by atoms with van der Waals surface area (Å²) < 4.78 is 25.1. The molecule has 4 nitrogen and oxygen atoms in total. The van der Waals surface area contributed by atoms with Crippen LogP contribution in [0.15, 0.2) is 12.1 Å². The van der Waals surface area contributed by atoms with Gasteiger partial charge in [-0.1, -0.05) is 0 Å². The molecule has 0 N–H and O–H groups in total. The molecule has 0 saturated carbocycles. The van der Waals surface area contributed by atoms with E-state index in [0.29, 0.717) is 11.5 Å². The fraction of sp³-hybridized carbons (Fsp3) is 0.429. The molecular formula is C21H23Cl4O4P. The van der Waals surface area contributed by atoms with Gasteiger partial charge in [-0.05, 0) is 0 Å². The van der Waals surface area contributed by atoms with Gasteiger partial charge in [-0.3, -0.25) is 0 Å². The van der Waals surface area contributed by atoms with Gasteiger partial charge in [0.15, 0.2) is 0 Å². The number of halogens is 4. The molecule has 0 aliphatic carbocycles. The van der Waals surface area contributed by atoms with Gasteiger partial charge in [0, 0.05) is 0 Å². The predicted molar refractivity (Wildman–Crippen MR) is 126 cm³/mol. The SMILES string of the molecule is CC(C)(C)c1cc2c(c(C(C)(C)C)c1)OP1(C)(O2)Oc2c(Cl)c(Cl)c(Cl)c(Cl)c2O1. The summed E-state index contributed by atoms with van der Waals surface area (Å²) in [5.41, 5.74) is 1.80. The normalized spacial score (nSPS) is 19.6. The van der Waals surface area contributed by atoms with E-state index in [1.807, 2.05) is 6.07 Å². The maximum atomic E-state index is 6.40. The van der Waals surface area contributed by atoms with Crippen LogP contribution in [-0.2, 0) is 10.8 Å². The van der Waals surface area contributed by atoms with Crippen LogP contribution in [0.25, 0.3) is 0 Å². The average molecular weight is 512 g/mol. The molecule has 9 heteroatoms. The molecule has 0 radical (unpaired) electrons. The van der Waals surface area contributed by atoms with Gasteiger partial charge in [0.25, 0.3) is 0 Å². The van der Waals surface area contributed by atoms with Crippen LogP contribution in [0, 0.1) is 0 Å². The molecule has 0 unspecified atom stereocenters. The van der Waals surface area contributed by atoms with E-state index in [1.54, 1.807) is 6.66 Å². The van der Waals surface area contributed by atoms with Crippen LogP contribution in [0.5, 0.6) is 23.0 Å². The molecular weight excluding hydrogens is 489 g/mol. The van der Waals surface area contributed by atoms with Crippen molar-refractivity contribution in [2.45, 2.75) is 52.4 Å². The summed E-state index contributed by atoms with van der Waals surface area (Å²) in [6, 6.07) is 4.11. The summed E-state index contributed by atoms with van der Waals surface area (Å²) in [5, 5.41) is 0.359. The number of hydrogen-bond acceptors (Lipinski definition) is 4. The van der Waals surface area contributed by atoms with Crippen molar-refractivity contribution in [3.63, 3.8) is 0 Å². The summed E-state index contributed by atoms with van der Waals surface area (Å²) in [4.78, 5) is 0. The van der Waals surface area contributed by atoms with Crippen molar-refractivity contribution >= 4 is 53.9 Å². The summed E-state index contributed by atoms with van der Waals surface area (Å²) in [6.07, 6.45) is 0. The molecule has 1 spiro atoms. The van der Waals surface area contributed by atoms with Crippen molar-refractivity contribution in [1.29, 1.82) is 0 Å². The maximum absolute atomic E-state index is 6.40. The first-order chi connectivity index (χ1) is 13.5. The summed E-state index contributed by atoms with van der Waals surface area (Å²) in [6.45, 7) is 14.4. The van der Waals surface area contributed by atoms with E-state index >= 15 is 0 Å². The van der Waals surface area contributed by atoms with E-state index in [4.69, 9.17) is 64.5 Å². The van der Waals surface area contributed by atoms with Gasteiger partial charge in [-0.15, -0.1) is 0 Å². The first-order valence-electron chi connectivity index (χ1n) is 9.40. The third kappa shape index (κ3) is 3.31. The van der Waals surface area contributed by atoms with E-state index in [-0.39, 0.29) is 42.4 Å². The van der Waals surface area contributed by atoms with Gasteiger partial charge in [0.05, 0.1) is 0 Å². The first kappa shape index (κ1) is 22.4. The van der Waals surface area contributed by atoms with Crippen molar-refractivity contribution < 1.29 is 18.1 Å². The zero-order valence-corrected chi connectivity index (χ0v) is 21.7. The van der Waals surface area contributed by atoms with Crippen LogP contribution in [0.2, 0.25) is 20.1 Å². The third-order valence-electron chi connectivity index (χ3n) is 5.10. The molecule has 2 aliphatic heterocycles. The minimum absolute atomic E-state index is 0.0832. The molecule has 0 atom stereocenters. The van der Waals surface area contributed by atoms with Crippen LogP contribution >= 0.6 is 53.9 Å². The Hall–Kier alpha value is -0.770. The Morgan fingerprint density at radius 1 is 0.633 bits per heavy atom. The zero-order chi connectivity index (χ0) is 22.5. The standard InChI is InChI=1S/C21H23Cl4O4P/c1-20(2,3)10-8-11(21(4,5)6)17-12(9-10)26-30(7,27-17)28-18-15(24)13(22)14(23)16(25)19(18)29-30/h8-9H,1-7H3. The van der Waals surface area contributed by atoms with Crippen molar-refractivity contribution in [1.82, 2.24) is 0 Å².